The van der Waals surface area contributed by atoms with Gasteiger partial charge in [0.1, 0.15) is 0 Å². The lowest BCUT2D eigenvalue weighted by Crippen LogP contribution is -2.29. The molecule has 24 heavy (non-hydrogen) atoms. The zero-order valence-corrected chi connectivity index (χ0v) is 14.6. The number of esters is 2. The molecule has 0 aromatic heterocycles. The van der Waals surface area contributed by atoms with Crippen LogP contribution in [0.15, 0.2) is 47.3 Å². The van der Waals surface area contributed by atoms with Crippen LogP contribution >= 0.6 is 11.6 Å². The van der Waals surface area contributed by atoms with Gasteiger partial charge in [0, 0.05) is 16.9 Å². The molecule has 0 fully saturated rings. The minimum atomic E-state index is -0.594. The van der Waals surface area contributed by atoms with E-state index in [1.807, 2.05) is 6.07 Å². The maximum Gasteiger partial charge on any atom is 0.336 e. The predicted octanol–water partition coefficient (Wildman–Crippen LogP) is 3.31. The van der Waals surface area contributed by atoms with E-state index in [0.717, 1.165) is 5.56 Å². The van der Waals surface area contributed by atoms with E-state index in [1.165, 1.54) is 0 Å². The molecule has 1 aliphatic rings. The van der Waals surface area contributed by atoms with Crippen molar-refractivity contribution in [3.8, 4) is 0 Å². The van der Waals surface area contributed by atoms with Gasteiger partial charge in [-0.25, -0.2) is 9.59 Å². The zero-order valence-electron chi connectivity index (χ0n) is 13.9. The van der Waals surface area contributed by atoms with Crippen molar-refractivity contribution in [2.45, 2.75) is 26.7 Å². The van der Waals surface area contributed by atoms with Gasteiger partial charge in [-0.05, 0) is 38.5 Å². The van der Waals surface area contributed by atoms with E-state index in [2.05, 4.69) is 5.32 Å². The van der Waals surface area contributed by atoms with Crippen molar-refractivity contribution < 1.29 is 19.1 Å². The minimum Gasteiger partial charge on any atom is -0.463 e. The first-order valence-electron chi connectivity index (χ1n) is 7.76. The standard InChI is InChI=1S/C18H20ClNO4/c1-4-23-17(21)14-10-20-11(3)15(18(22)24-5-2)16(14)12-7-6-8-13(19)9-12/h6-10,16,20H,4-5H2,1-3H3. The average Bonchev–Trinajstić information content (AvgIpc) is 2.54. The van der Waals surface area contributed by atoms with E-state index in [4.69, 9.17) is 21.1 Å². The molecule has 1 unspecified atom stereocenters. The van der Waals surface area contributed by atoms with Crippen LogP contribution in [-0.2, 0) is 19.1 Å². The number of halogens is 1. The molecule has 0 radical (unpaired) electrons. The third-order valence-corrected chi connectivity index (χ3v) is 3.87. The van der Waals surface area contributed by atoms with Gasteiger partial charge in [-0.2, -0.15) is 0 Å². The van der Waals surface area contributed by atoms with Crippen molar-refractivity contribution in [2.75, 3.05) is 13.2 Å². The highest BCUT2D eigenvalue weighted by atomic mass is 35.5. The number of allylic oxidation sites excluding steroid dienone is 1. The van der Waals surface area contributed by atoms with Gasteiger partial charge < -0.3 is 14.8 Å². The number of ether oxygens (including phenoxy) is 2. The SMILES string of the molecule is CCOC(=O)C1=CNC(C)=C(C(=O)OCC)C1c1cccc(Cl)c1. The van der Waals surface area contributed by atoms with Crippen LogP contribution in [0.25, 0.3) is 0 Å². The highest BCUT2D eigenvalue weighted by molar-refractivity contribution is 6.30. The number of carbonyl (C=O) groups excluding carboxylic acids is 2. The van der Waals surface area contributed by atoms with Crippen molar-refractivity contribution in [2.24, 2.45) is 0 Å². The van der Waals surface area contributed by atoms with E-state index in [1.54, 1.807) is 45.2 Å². The lowest BCUT2D eigenvalue weighted by molar-refractivity contribution is -0.139. The molecule has 0 saturated heterocycles. The van der Waals surface area contributed by atoms with Crippen LogP contribution in [0.1, 0.15) is 32.3 Å². The molecule has 1 aliphatic heterocycles. The molecule has 0 amide bonds. The summed E-state index contributed by atoms with van der Waals surface area (Å²) >= 11 is 6.09. The first kappa shape index (κ1) is 18.1. The molecule has 1 aromatic rings. The number of nitrogens with one attached hydrogen (secondary N) is 1. The Morgan fingerprint density at radius 1 is 1.17 bits per heavy atom. The maximum atomic E-state index is 12.5. The van der Waals surface area contributed by atoms with Gasteiger partial charge >= 0.3 is 11.9 Å². The first-order chi connectivity index (χ1) is 11.5. The van der Waals surface area contributed by atoms with Gasteiger partial charge in [-0.1, -0.05) is 23.7 Å². The van der Waals surface area contributed by atoms with Gasteiger partial charge in [0.25, 0.3) is 0 Å². The molecule has 1 aromatic carbocycles. The summed E-state index contributed by atoms with van der Waals surface area (Å²) in [6, 6.07) is 7.07. The lowest BCUT2D eigenvalue weighted by Gasteiger charge is -2.27. The maximum absolute atomic E-state index is 12.5. The van der Waals surface area contributed by atoms with Gasteiger partial charge in [-0.15, -0.1) is 0 Å². The van der Waals surface area contributed by atoms with E-state index < -0.39 is 17.9 Å². The third kappa shape index (κ3) is 3.79. The van der Waals surface area contributed by atoms with Crippen molar-refractivity contribution in [3.05, 3.63) is 57.9 Å². The number of hydrogen-bond acceptors (Lipinski definition) is 5. The van der Waals surface area contributed by atoms with Crippen molar-refractivity contribution in [1.82, 2.24) is 5.32 Å². The fraction of sp³-hybridized carbons (Fsp3) is 0.333. The predicted molar refractivity (Wildman–Crippen MR) is 91.4 cm³/mol. The Labute approximate surface area is 146 Å². The largest absolute Gasteiger partial charge is 0.463 e. The van der Waals surface area contributed by atoms with Crippen LogP contribution in [0.2, 0.25) is 5.02 Å². The average molecular weight is 350 g/mol. The van der Waals surface area contributed by atoms with Gasteiger partial charge in [0.15, 0.2) is 0 Å². The fourth-order valence-corrected chi connectivity index (χ4v) is 2.82. The fourth-order valence-electron chi connectivity index (χ4n) is 2.62. The number of dihydropyridines is 1. The van der Waals surface area contributed by atoms with Gasteiger partial charge in [0.2, 0.25) is 0 Å². The van der Waals surface area contributed by atoms with E-state index in [0.29, 0.717) is 21.9 Å². The normalized spacial score (nSPS) is 17.0. The molecular weight excluding hydrogens is 330 g/mol. The Bertz CT molecular complexity index is 709. The molecule has 1 heterocycles. The Hall–Kier alpha value is -2.27. The van der Waals surface area contributed by atoms with Crippen LogP contribution in [-0.4, -0.2) is 25.2 Å². The minimum absolute atomic E-state index is 0.246. The highest BCUT2D eigenvalue weighted by Gasteiger charge is 2.35. The molecule has 0 saturated carbocycles. The number of hydrogen-bond donors (Lipinski definition) is 1. The summed E-state index contributed by atoms with van der Waals surface area (Å²) in [5, 5.41) is 3.48. The summed E-state index contributed by atoms with van der Waals surface area (Å²) in [6.07, 6.45) is 1.57. The molecular formula is C18H20ClNO4. The number of carbonyl (C=O) groups is 2. The Morgan fingerprint density at radius 3 is 2.46 bits per heavy atom. The van der Waals surface area contributed by atoms with Crippen LogP contribution in [0.5, 0.6) is 0 Å². The summed E-state index contributed by atoms with van der Waals surface area (Å²) in [5.74, 6) is -1.55. The molecule has 0 aliphatic carbocycles. The monoisotopic (exact) mass is 349 g/mol. The van der Waals surface area contributed by atoms with Gasteiger partial charge in [0.05, 0.1) is 30.3 Å². The number of benzene rings is 1. The first-order valence-corrected chi connectivity index (χ1v) is 8.14. The third-order valence-electron chi connectivity index (χ3n) is 3.64. The molecule has 2 rings (SSSR count). The van der Waals surface area contributed by atoms with Crippen LogP contribution in [0, 0.1) is 0 Å². The van der Waals surface area contributed by atoms with Gasteiger partial charge in [-0.3, -0.25) is 0 Å². The Kier molecular flexibility index (Phi) is 6.04. The quantitative estimate of drug-likeness (QED) is 0.826. The summed E-state index contributed by atoms with van der Waals surface area (Å²) in [6.45, 7) is 5.73. The van der Waals surface area contributed by atoms with Crippen LogP contribution in [0.4, 0.5) is 0 Å². The summed E-state index contributed by atoms with van der Waals surface area (Å²) < 4.78 is 10.3. The van der Waals surface area contributed by atoms with Crippen LogP contribution in [0.3, 0.4) is 0 Å². The number of rotatable bonds is 5. The topological polar surface area (TPSA) is 64.6 Å². The van der Waals surface area contributed by atoms with Crippen molar-refractivity contribution in [3.63, 3.8) is 0 Å². The molecule has 128 valence electrons. The van der Waals surface area contributed by atoms with E-state index in [-0.39, 0.29) is 13.2 Å². The molecule has 1 atom stereocenters. The lowest BCUT2D eigenvalue weighted by atomic mass is 9.82. The van der Waals surface area contributed by atoms with Crippen molar-refractivity contribution in [1.29, 1.82) is 0 Å². The summed E-state index contributed by atoms with van der Waals surface area (Å²) in [7, 11) is 0. The molecule has 1 N–H and O–H groups in total. The molecule has 0 bridgehead atoms. The molecule has 6 heteroatoms. The second-order valence-corrected chi connectivity index (χ2v) is 5.65. The zero-order chi connectivity index (χ0) is 17.7. The second-order valence-electron chi connectivity index (χ2n) is 5.21. The Balaban J connectivity index is 2.54. The molecule has 0 spiro atoms. The summed E-state index contributed by atoms with van der Waals surface area (Å²) in [4.78, 5) is 24.8. The van der Waals surface area contributed by atoms with E-state index >= 15 is 0 Å². The van der Waals surface area contributed by atoms with E-state index in [9.17, 15) is 9.59 Å². The smallest absolute Gasteiger partial charge is 0.336 e. The molecule has 5 nitrogen and oxygen atoms in total. The Morgan fingerprint density at radius 2 is 1.83 bits per heavy atom. The summed E-state index contributed by atoms with van der Waals surface area (Å²) in [5.41, 5.74) is 2.08. The highest BCUT2D eigenvalue weighted by Crippen LogP contribution is 2.37. The second kappa shape index (κ2) is 8.02. The van der Waals surface area contributed by atoms with Crippen molar-refractivity contribution >= 4 is 23.5 Å². The van der Waals surface area contributed by atoms with Crippen LogP contribution < -0.4 is 5.32 Å².